The molecule has 0 amide bonds. The van der Waals surface area contributed by atoms with Crippen molar-refractivity contribution in [2.24, 2.45) is 0 Å². The van der Waals surface area contributed by atoms with Crippen LogP contribution in [0.2, 0.25) is 0 Å². The molecule has 0 aliphatic rings. The monoisotopic (exact) mass is 442 g/mol. The second-order valence-corrected chi connectivity index (χ2v) is 8.86. The number of benzene rings is 2. The summed E-state index contributed by atoms with van der Waals surface area (Å²) in [7, 11) is 0. The number of hydrogen-bond donors (Lipinski definition) is 1. The van der Waals surface area contributed by atoms with Crippen molar-refractivity contribution in [3.63, 3.8) is 0 Å². The predicted octanol–water partition coefficient (Wildman–Crippen LogP) is 4.53. The predicted molar refractivity (Wildman–Crippen MR) is 125 cm³/mol. The zero-order valence-corrected chi connectivity index (χ0v) is 18.8. The number of hydrogen-bond acceptors (Lipinski definition) is 6. The SMILES string of the molecule is Cc1ncnn1-c1ccc(F)cc1-c1nc2cc(-c3cnc(N)nc3)ccc2n1C(C)(C)C. The molecule has 3 heterocycles. The number of rotatable bonds is 3. The van der Waals surface area contributed by atoms with Gasteiger partial charge in [0.05, 0.1) is 16.7 Å². The van der Waals surface area contributed by atoms with E-state index in [2.05, 4.69) is 45.4 Å². The molecule has 0 saturated carbocycles. The van der Waals surface area contributed by atoms with E-state index >= 15 is 0 Å². The first-order chi connectivity index (χ1) is 15.7. The van der Waals surface area contributed by atoms with E-state index in [9.17, 15) is 4.39 Å². The van der Waals surface area contributed by atoms with Gasteiger partial charge in [-0.2, -0.15) is 5.10 Å². The number of fused-ring (bicyclic) bond motifs is 1. The van der Waals surface area contributed by atoms with Gasteiger partial charge < -0.3 is 10.3 Å². The van der Waals surface area contributed by atoms with E-state index in [1.54, 1.807) is 23.1 Å². The molecule has 2 aromatic carbocycles. The summed E-state index contributed by atoms with van der Waals surface area (Å²) in [5, 5.41) is 4.33. The number of anilines is 1. The summed E-state index contributed by atoms with van der Waals surface area (Å²) >= 11 is 0. The summed E-state index contributed by atoms with van der Waals surface area (Å²) in [5.41, 5.74) is 10.1. The Balaban J connectivity index is 1.78. The molecule has 0 bridgehead atoms. The van der Waals surface area contributed by atoms with Crippen LogP contribution in [0, 0.1) is 12.7 Å². The standard InChI is InChI=1S/C24H23FN8/c1-14-29-13-30-33(14)20-8-6-17(25)10-18(20)22-31-19-9-15(16-11-27-23(26)28-12-16)5-7-21(19)32(22)24(2,3)4/h5-13H,1-4H3,(H2,26,27,28). The zero-order chi connectivity index (χ0) is 23.3. The fourth-order valence-corrected chi connectivity index (χ4v) is 4.01. The summed E-state index contributed by atoms with van der Waals surface area (Å²) in [6.07, 6.45) is 4.85. The van der Waals surface area contributed by atoms with Crippen LogP contribution in [0.5, 0.6) is 0 Å². The molecule has 0 unspecified atom stereocenters. The third kappa shape index (κ3) is 3.61. The lowest BCUT2D eigenvalue weighted by molar-refractivity contribution is 0.413. The van der Waals surface area contributed by atoms with Gasteiger partial charge in [0.2, 0.25) is 5.95 Å². The van der Waals surface area contributed by atoms with Crippen LogP contribution in [0.15, 0.2) is 55.1 Å². The zero-order valence-electron chi connectivity index (χ0n) is 18.8. The first-order valence-corrected chi connectivity index (χ1v) is 10.5. The number of nitrogens with zero attached hydrogens (tertiary/aromatic N) is 7. The fourth-order valence-electron chi connectivity index (χ4n) is 4.01. The van der Waals surface area contributed by atoms with Crippen LogP contribution in [0.25, 0.3) is 39.2 Å². The van der Waals surface area contributed by atoms with Crippen LogP contribution < -0.4 is 5.73 Å². The Hall–Kier alpha value is -4.14. The van der Waals surface area contributed by atoms with Gasteiger partial charge in [-0.25, -0.2) is 29.0 Å². The molecule has 5 rings (SSSR count). The normalized spacial score (nSPS) is 11.9. The van der Waals surface area contributed by atoms with Gasteiger partial charge in [0.15, 0.2) is 0 Å². The van der Waals surface area contributed by atoms with Crippen molar-refractivity contribution in [3.05, 3.63) is 66.8 Å². The number of nitrogen functional groups attached to an aromatic ring is 1. The van der Waals surface area contributed by atoms with Crippen LogP contribution in [0.4, 0.5) is 10.3 Å². The highest BCUT2D eigenvalue weighted by atomic mass is 19.1. The van der Waals surface area contributed by atoms with Gasteiger partial charge in [-0.05, 0) is 63.6 Å². The molecule has 0 aliphatic heterocycles. The minimum absolute atomic E-state index is 0.223. The molecule has 33 heavy (non-hydrogen) atoms. The number of aromatic nitrogens is 7. The first-order valence-electron chi connectivity index (χ1n) is 10.5. The molecule has 166 valence electrons. The highest BCUT2D eigenvalue weighted by molar-refractivity contribution is 5.87. The van der Waals surface area contributed by atoms with Crippen LogP contribution in [0.3, 0.4) is 0 Å². The van der Waals surface area contributed by atoms with E-state index in [1.165, 1.54) is 18.5 Å². The number of halogens is 1. The summed E-state index contributed by atoms with van der Waals surface area (Å²) in [4.78, 5) is 17.4. The number of imidazole rings is 1. The first kappa shape index (κ1) is 20.7. The topological polar surface area (TPSA) is 100 Å². The Labute approximate surface area is 190 Å². The van der Waals surface area contributed by atoms with Crippen LogP contribution >= 0.6 is 0 Å². The molecule has 0 radical (unpaired) electrons. The number of aryl methyl sites for hydroxylation is 1. The molecule has 9 heteroatoms. The average Bonchev–Trinajstić information content (AvgIpc) is 3.37. The second-order valence-electron chi connectivity index (χ2n) is 8.86. The van der Waals surface area contributed by atoms with E-state index in [0.29, 0.717) is 22.9 Å². The maximum atomic E-state index is 14.5. The van der Waals surface area contributed by atoms with Crippen molar-refractivity contribution in [1.82, 2.24) is 34.3 Å². The van der Waals surface area contributed by atoms with Gasteiger partial charge in [-0.15, -0.1) is 0 Å². The molecule has 2 N–H and O–H groups in total. The molecule has 3 aromatic heterocycles. The lowest BCUT2D eigenvalue weighted by Gasteiger charge is -2.25. The third-order valence-corrected chi connectivity index (χ3v) is 5.48. The minimum atomic E-state index is -0.348. The fraction of sp³-hybridized carbons (Fsp3) is 0.208. The Morgan fingerprint density at radius 1 is 0.939 bits per heavy atom. The summed E-state index contributed by atoms with van der Waals surface area (Å²) in [5.74, 6) is 1.22. The van der Waals surface area contributed by atoms with Crippen molar-refractivity contribution in [2.45, 2.75) is 33.2 Å². The summed E-state index contributed by atoms with van der Waals surface area (Å²) in [6, 6.07) is 10.6. The largest absolute Gasteiger partial charge is 0.368 e. The smallest absolute Gasteiger partial charge is 0.219 e. The average molecular weight is 443 g/mol. The number of nitrogens with two attached hydrogens (primary N) is 1. The molecular formula is C24H23FN8. The lowest BCUT2D eigenvalue weighted by Crippen LogP contribution is -2.23. The molecular weight excluding hydrogens is 419 g/mol. The minimum Gasteiger partial charge on any atom is -0.368 e. The van der Waals surface area contributed by atoms with Gasteiger partial charge in [0, 0.05) is 29.1 Å². The molecule has 5 aromatic rings. The van der Waals surface area contributed by atoms with Crippen LogP contribution in [-0.4, -0.2) is 34.3 Å². The van der Waals surface area contributed by atoms with Crippen molar-refractivity contribution >= 4 is 17.0 Å². The van der Waals surface area contributed by atoms with Crippen molar-refractivity contribution in [3.8, 4) is 28.2 Å². The lowest BCUT2D eigenvalue weighted by atomic mass is 10.0. The Bertz CT molecular complexity index is 1480. The summed E-state index contributed by atoms with van der Waals surface area (Å²) < 4.78 is 18.3. The van der Waals surface area contributed by atoms with E-state index in [4.69, 9.17) is 10.7 Å². The Kier molecular flexibility index (Phi) is 4.70. The van der Waals surface area contributed by atoms with Crippen LogP contribution in [0.1, 0.15) is 26.6 Å². The van der Waals surface area contributed by atoms with Crippen molar-refractivity contribution < 1.29 is 4.39 Å². The third-order valence-electron chi connectivity index (χ3n) is 5.48. The van der Waals surface area contributed by atoms with E-state index < -0.39 is 0 Å². The van der Waals surface area contributed by atoms with Crippen molar-refractivity contribution in [2.75, 3.05) is 5.73 Å². The quantitative estimate of drug-likeness (QED) is 0.441. The highest BCUT2D eigenvalue weighted by Gasteiger charge is 2.25. The Morgan fingerprint density at radius 3 is 2.36 bits per heavy atom. The highest BCUT2D eigenvalue weighted by Crippen LogP contribution is 2.36. The molecule has 0 atom stereocenters. The van der Waals surface area contributed by atoms with Gasteiger partial charge in [0.25, 0.3) is 0 Å². The molecule has 0 saturated heterocycles. The molecule has 0 fully saturated rings. The van der Waals surface area contributed by atoms with Gasteiger partial charge in [-0.1, -0.05) is 6.07 Å². The van der Waals surface area contributed by atoms with Gasteiger partial charge in [-0.3, -0.25) is 0 Å². The Morgan fingerprint density at radius 2 is 1.70 bits per heavy atom. The van der Waals surface area contributed by atoms with E-state index in [1.807, 2.05) is 25.1 Å². The van der Waals surface area contributed by atoms with E-state index in [-0.39, 0.29) is 17.3 Å². The van der Waals surface area contributed by atoms with E-state index in [0.717, 1.165) is 22.2 Å². The van der Waals surface area contributed by atoms with Crippen LogP contribution in [-0.2, 0) is 5.54 Å². The van der Waals surface area contributed by atoms with Gasteiger partial charge >= 0.3 is 0 Å². The molecule has 0 aliphatic carbocycles. The van der Waals surface area contributed by atoms with Crippen molar-refractivity contribution in [1.29, 1.82) is 0 Å². The summed E-state index contributed by atoms with van der Waals surface area (Å²) in [6.45, 7) is 8.14. The molecule has 0 spiro atoms. The second kappa shape index (κ2) is 7.47. The van der Waals surface area contributed by atoms with Gasteiger partial charge in [0.1, 0.15) is 23.8 Å². The maximum absolute atomic E-state index is 14.5. The maximum Gasteiger partial charge on any atom is 0.219 e. The molecule has 8 nitrogen and oxygen atoms in total.